The first kappa shape index (κ1) is 18.3. The van der Waals surface area contributed by atoms with E-state index in [1.807, 2.05) is 25.1 Å². The third-order valence-corrected chi connectivity index (χ3v) is 5.05. The number of amides is 2. The largest absolute Gasteiger partial charge is 0.334 e. The topological polar surface area (TPSA) is 75.3 Å². The molecule has 7 heteroatoms. The summed E-state index contributed by atoms with van der Waals surface area (Å²) in [6, 6.07) is 13.2. The number of carbonyl (C=O) groups is 1. The smallest absolute Gasteiger partial charge is 0.315 e. The van der Waals surface area contributed by atoms with E-state index >= 15 is 0 Å². The number of halogens is 1. The molecule has 2 aromatic rings. The Bertz CT molecular complexity index is 820. The first-order valence-corrected chi connectivity index (χ1v) is 9.62. The number of hydrogen-bond donors (Lipinski definition) is 2. The summed E-state index contributed by atoms with van der Waals surface area (Å²) in [7, 11) is -3.22. The van der Waals surface area contributed by atoms with Gasteiger partial charge in [-0.1, -0.05) is 41.9 Å². The van der Waals surface area contributed by atoms with Crippen LogP contribution in [0.3, 0.4) is 0 Å². The molecule has 0 aliphatic heterocycles. The van der Waals surface area contributed by atoms with Crippen LogP contribution in [0.5, 0.6) is 0 Å². The van der Waals surface area contributed by atoms with Crippen LogP contribution in [-0.4, -0.2) is 20.7 Å². The molecule has 0 saturated heterocycles. The number of hydrogen-bond acceptors (Lipinski definition) is 3. The molecule has 128 valence electrons. The van der Waals surface area contributed by atoms with Crippen molar-refractivity contribution in [3.63, 3.8) is 0 Å². The molecule has 0 radical (unpaired) electrons. The Kier molecular flexibility index (Phi) is 5.85. The number of sulfone groups is 1. The zero-order chi connectivity index (χ0) is 17.7. The zero-order valence-corrected chi connectivity index (χ0v) is 15.0. The minimum absolute atomic E-state index is 0.252. The Hall–Kier alpha value is -2.05. The molecular formula is C17H19ClN2O3S. The highest BCUT2D eigenvalue weighted by molar-refractivity contribution is 7.90. The van der Waals surface area contributed by atoms with Crippen molar-refractivity contribution in [1.82, 2.24) is 10.6 Å². The van der Waals surface area contributed by atoms with Crippen LogP contribution in [0.1, 0.15) is 24.1 Å². The van der Waals surface area contributed by atoms with Gasteiger partial charge in [0.25, 0.3) is 0 Å². The number of benzene rings is 2. The number of rotatable bonds is 5. The first-order chi connectivity index (χ1) is 11.3. The maximum Gasteiger partial charge on any atom is 0.315 e. The minimum atomic E-state index is -3.22. The molecule has 0 aliphatic rings. The van der Waals surface area contributed by atoms with Crippen molar-refractivity contribution >= 4 is 27.5 Å². The Balaban J connectivity index is 1.93. The first-order valence-electron chi connectivity index (χ1n) is 7.35. The van der Waals surface area contributed by atoms with Crippen molar-refractivity contribution in [2.75, 3.05) is 6.26 Å². The number of urea groups is 1. The standard InChI is InChI=1S/C17H19ClN2O3S/c1-12(13-7-9-15(10-8-13)24(2,22)23)20-17(21)19-11-14-5-3-4-6-16(14)18/h3-10,12H,11H2,1-2H3,(H2,19,20,21). The van der Waals surface area contributed by atoms with E-state index in [1.54, 1.807) is 18.2 Å². The fraction of sp³-hybridized carbons (Fsp3) is 0.235. The Morgan fingerprint density at radius 2 is 1.75 bits per heavy atom. The van der Waals surface area contributed by atoms with Gasteiger partial charge in [0.2, 0.25) is 0 Å². The summed E-state index contributed by atoms with van der Waals surface area (Å²) < 4.78 is 22.9. The molecule has 24 heavy (non-hydrogen) atoms. The van der Waals surface area contributed by atoms with E-state index in [4.69, 9.17) is 11.6 Å². The van der Waals surface area contributed by atoms with Crippen LogP contribution >= 0.6 is 11.6 Å². The lowest BCUT2D eigenvalue weighted by atomic mass is 10.1. The van der Waals surface area contributed by atoms with Gasteiger partial charge in [-0.15, -0.1) is 0 Å². The maximum absolute atomic E-state index is 12.0. The third kappa shape index (κ3) is 4.97. The molecule has 0 spiro atoms. The molecule has 0 saturated carbocycles. The molecule has 2 amide bonds. The Labute approximate surface area is 147 Å². The molecule has 0 bridgehead atoms. The van der Waals surface area contributed by atoms with E-state index < -0.39 is 9.84 Å². The Morgan fingerprint density at radius 3 is 2.33 bits per heavy atom. The van der Waals surface area contributed by atoms with Gasteiger partial charge < -0.3 is 10.6 Å². The predicted molar refractivity (Wildman–Crippen MR) is 94.8 cm³/mol. The lowest BCUT2D eigenvalue weighted by Crippen LogP contribution is -2.36. The van der Waals surface area contributed by atoms with Crippen LogP contribution in [0.4, 0.5) is 4.79 Å². The van der Waals surface area contributed by atoms with Crippen molar-refractivity contribution in [3.8, 4) is 0 Å². The van der Waals surface area contributed by atoms with E-state index in [1.165, 1.54) is 12.1 Å². The molecule has 0 fully saturated rings. The van der Waals surface area contributed by atoms with Crippen LogP contribution < -0.4 is 10.6 Å². The summed E-state index contributed by atoms with van der Waals surface area (Å²) in [6.45, 7) is 2.15. The lowest BCUT2D eigenvalue weighted by Gasteiger charge is -2.15. The minimum Gasteiger partial charge on any atom is -0.334 e. The van der Waals surface area contributed by atoms with Crippen molar-refractivity contribution in [2.45, 2.75) is 24.4 Å². The lowest BCUT2D eigenvalue weighted by molar-refractivity contribution is 0.237. The van der Waals surface area contributed by atoms with Gasteiger partial charge in [0.15, 0.2) is 9.84 Å². The summed E-state index contributed by atoms with van der Waals surface area (Å²) in [6.07, 6.45) is 1.16. The summed E-state index contributed by atoms with van der Waals surface area (Å²) >= 11 is 6.04. The van der Waals surface area contributed by atoms with Crippen molar-refractivity contribution in [2.24, 2.45) is 0 Å². The van der Waals surface area contributed by atoms with Crippen molar-refractivity contribution < 1.29 is 13.2 Å². The van der Waals surface area contributed by atoms with Gasteiger partial charge in [-0.05, 0) is 36.2 Å². The normalized spacial score (nSPS) is 12.5. The van der Waals surface area contributed by atoms with Gasteiger partial charge in [0.1, 0.15) is 0 Å². The third-order valence-electron chi connectivity index (χ3n) is 3.55. The fourth-order valence-corrected chi connectivity index (χ4v) is 2.98. The number of nitrogens with one attached hydrogen (secondary N) is 2. The fourth-order valence-electron chi connectivity index (χ4n) is 2.15. The van der Waals surface area contributed by atoms with E-state index in [9.17, 15) is 13.2 Å². The van der Waals surface area contributed by atoms with Gasteiger partial charge in [-0.2, -0.15) is 0 Å². The summed E-state index contributed by atoms with van der Waals surface area (Å²) in [5.74, 6) is 0. The van der Waals surface area contributed by atoms with Gasteiger partial charge in [-0.25, -0.2) is 13.2 Å². The van der Waals surface area contributed by atoms with E-state index in [-0.39, 0.29) is 17.0 Å². The SMILES string of the molecule is CC(NC(=O)NCc1ccccc1Cl)c1ccc(S(C)(=O)=O)cc1. The molecule has 2 N–H and O–H groups in total. The summed E-state index contributed by atoms with van der Waals surface area (Å²) in [5.41, 5.74) is 1.65. The van der Waals surface area contributed by atoms with Gasteiger partial charge in [0, 0.05) is 17.8 Å². The number of carbonyl (C=O) groups excluding carboxylic acids is 1. The second-order valence-electron chi connectivity index (χ2n) is 5.48. The van der Waals surface area contributed by atoms with Crippen LogP contribution in [0.15, 0.2) is 53.4 Å². The molecule has 2 rings (SSSR count). The average molecular weight is 367 g/mol. The predicted octanol–water partition coefficient (Wildman–Crippen LogP) is 3.30. The Morgan fingerprint density at radius 1 is 1.12 bits per heavy atom. The van der Waals surface area contributed by atoms with E-state index in [2.05, 4.69) is 10.6 Å². The van der Waals surface area contributed by atoms with Crippen molar-refractivity contribution in [3.05, 3.63) is 64.7 Å². The van der Waals surface area contributed by atoms with Gasteiger partial charge >= 0.3 is 6.03 Å². The molecule has 0 aliphatic carbocycles. The molecule has 1 unspecified atom stereocenters. The molecule has 0 heterocycles. The molecule has 1 atom stereocenters. The zero-order valence-electron chi connectivity index (χ0n) is 13.4. The van der Waals surface area contributed by atoms with Crippen LogP contribution in [0.25, 0.3) is 0 Å². The summed E-state index contributed by atoms with van der Waals surface area (Å²) in [4.78, 5) is 12.2. The quantitative estimate of drug-likeness (QED) is 0.852. The summed E-state index contributed by atoms with van der Waals surface area (Å²) in [5, 5.41) is 6.15. The van der Waals surface area contributed by atoms with E-state index in [0.29, 0.717) is 11.6 Å². The van der Waals surface area contributed by atoms with Gasteiger partial charge in [-0.3, -0.25) is 0 Å². The molecular weight excluding hydrogens is 348 g/mol. The molecule has 0 aromatic heterocycles. The van der Waals surface area contributed by atoms with Crippen molar-refractivity contribution in [1.29, 1.82) is 0 Å². The van der Waals surface area contributed by atoms with Crippen LogP contribution in [0, 0.1) is 0 Å². The van der Waals surface area contributed by atoms with E-state index in [0.717, 1.165) is 17.4 Å². The highest BCUT2D eigenvalue weighted by Gasteiger charge is 2.12. The highest BCUT2D eigenvalue weighted by atomic mass is 35.5. The molecule has 2 aromatic carbocycles. The maximum atomic E-state index is 12.0. The second kappa shape index (κ2) is 7.68. The van der Waals surface area contributed by atoms with Gasteiger partial charge in [0.05, 0.1) is 10.9 Å². The monoisotopic (exact) mass is 366 g/mol. The average Bonchev–Trinajstić information content (AvgIpc) is 2.53. The van der Waals surface area contributed by atoms with Crippen LogP contribution in [-0.2, 0) is 16.4 Å². The highest BCUT2D eigenvalue weighted by Crippen LogP contribution is 2.17. The second-order valence-corrected chi connectivity index (χ2v) is 7.90. The molecule has 5 nitrogen and oxygen atoms in total. The van der Waals surface area contributed by atoms with Crippen LogP contribution in [0.2, 0.25) is 5.02 Å².